The maximum Gasteiger partial charge on any atom is 0.408 e. The maximum absolute atomic E-state index is 11.8. The molecular weight excluding hydrogens is 278 g/mol. The molecular formula is C18H21NO3. The second-order valence-corrected chi connectivity index (χ2v) is 6.23. The molecule has 4 heteroatoms. The van der Waals surface area contributed by atoms with Crippen molar-refractivity contribution >= 4 is 23.2 Å². The summed E-state index contributed by atoms with van der Waals surface area (Å²) < 4.78 is 5.19. The van der Waals surface area contributed by atoms with Crippen LogP contribution in [0.4, 0.5) is 4.79 Å². The monoisotopic (exact) mass is 299 g/mol. The van der Waals surface area contributed by atoms with Gasteiger partial charge in [-0.15, -0.1) is 0 Å². The molecule has 2 aromatic rings. The van der Waals surface area contributed by atoms with Gasteiger partial charge in [-0.3, -0.25) is 0 Å². The Kier molecular flexibility index (Phi) is 4.81. The second-order valence-electron chi connectivity index (χ2n) is 6.23. The van der Waals surface area contributed by atoms with Crippen molar-refractivity contribution in [2.45, 2.75) is 38.8 Å². The van der Waals surface area contributed by atoms with E-state index in [9.17, 15) is 9.59 Å². The largest absolute Gasteiger partial charge is 0.444 e. The van der Waals surface area contributed by atoms with E-state index >= 15 is 0 Å². The van der Waals surface area contributed by atoms with E-state index in [2.05, 4.69) is 5.32 Å². The van der Waals surface area contributed by atoms with Crippen molar-refractivity contribution in [2.24, 2.45) is 0 Å². The van der Waals surface area contributed by atoms with Gasteiger partial charge in [0.25, 0.3) is 0 Å². The van der Waals surface area contributed by atoms with Crippen molar-refractivity contribution in [3.63, 3.8) is 0 Å². The molecule has 0 heterocycles. The third kappa shape index (κ3) is 4.32. The van der Waals surface area contributed by atoms with Gasteiger partial charge in [-0.2, -0.15) is 0 Å². The van der Waals surface area contributed by atoms with Crippen LogP contribution in [0.2, 0.25) is 0 Å². The molecule has 2 aromatic carbocycles. The first-order valence-electron chi connectivity index (χ1n) is 7.30. The molecule has 0 aliphatic carbocycles. The van der Waals surface area contributed by atoms with Crippen LogP contribution in [0.25, 0.3) is 10.8 Å². The minimum absolute atomic E-state index is 0.435. The van der Waals surface area contributed by atoms with Gasteiger partial charge in [0.2, 0.25) is 0 Å². The quantitative estimate of drug-likeness (QED) is 0.879. The fourth-order valence-corrected chi connectivity index (χ4v) is 2.30. The number of ether oxygens (including phenoxy) is 1. The summed E-state index contributed by atoms with van der Waals surface area (Å²) in [6.45, 7) is 5.35. The maximum atomic E-state index is 11.8. The van der Waals surface area contributed by atoms with Gasteiger partial charge in [0, 0.05) is 6.42 Å². The molecule has 0 fully saturated rings. The van der Waals surface area contributed by atoms with E-state index in [1.807, 2.05) is 42.5 Å². The highest BCUT2D eigenvalue weighted by atomic mass is 16.6. The first-order valence-corrected chi connectivity index (χ1v) is 7.30. The lowest BCUT2D eigenvalue weighted by Gasteiger charge is -2.21. The smallest absolute Gasteiger partial charge is 0.408 e. The molecule has 0 unspecified atom stereocenters. The van der Waals surface area contributed by atoms with Crippen molar-refractivity contribution in [3.05, 3.63) is 48.0 Å². The highest BCUT2D eigenvalue weighted by Crippen LogP contribution is 2.19. The summed E-state index contributed by atoms with van der Waals surface area (Å²) >= 11 is 0. The summed E-state index contributed by atoms with van der Waals surface area (Å²) in [6, 6.07) is 13.3. The van der Waals surface area contributed by atoms with Crippen LogP contribution < -0.4 is 5.32 Å². The lowest BCUT2D eigenvalue weighted by molar-refractivity contribution is -0.109. The Morgan fingerprint density at radius 3 is 2.55 bits per heavy atom. The van der Waals surface area contributed by atoms with Crippen LogP contribution in [-0.4, -0.2) is 24.0 Å². The van der Waals surface area contributed by atoms with Gasteiger partial charge in [0.15, 0.2) is 0 Å². The summed E-state index contributed by atoms with van der Waals surface area (Å²) in [6.07, 6.45) is 0.598. The fraction of sp³-hybridized carbons (Fsp3) is 0.333. The van der Waals surface area contributed by atoms with Crippen LogP contribution in [0.5, 0.6) is 0 Å². The molecule has 2 rings (SSSR count). The van der Waals surface area contributed by atoms with Crippen molar-refractivity contribution in [1.82, 2.24) is 5.32 Å². The molecule has 0 aromatic heterocycles. The number of hydrogen-bond acceptors (Lipinski definition) is 3. The summed E-state index contributed by atoms with van der Waals surface area (Å²) in [5.74, 6) is 0. The van der Waals surface area contributed by atoms with E-state index in [4.69, 9.17) is 4.74 Å². The fourth-order valence-electron chi connectivity index (χ4n) is 2.30. The molecule has 1 N–H and O–H groups in total. The molecule has 0 saturated heterocycles. The van der Waals surface area contributed by atoms with Gasteiger partial charge < -0.3 is 14.8 Å². The molecule has 0 bridgehead atoms. The van der Waals surface area contributed by atoms with Crippen molar-refractivity contribution in [1.29, 1.82) is 0 Å². The number of aldehydes is 1. The number of fused-ring (bicyclic) bond motifs is 1. The average Bonchev–Trinajstić information content (AvgIpc) is 2.45. The number of carbonyl (C=O) groups is 2. The Hall–Kier alpha value is -2.36. The second kappa shape index (κ2) is 6.60. The molecule has 4 nitrogen and oxygen atoms in total. The van der Waals surface area contributed by atoms with Gasteiger partial charge in [-0.25, -0.2) is 4.79 Å². The number of hydrogen-bond donors (Lipinski definition) is 1. The molecule has 0 aliphatic rings. The normalized spacial score (nSPS) is 12.7. The number of benzene rings is 2. The van der Waals surface area contributed by atoms with Crippen molar-refractivity contribution in [3.8, 4) is 0 Å². The third-order valence-corrected chi connectivity index (χ3v) is 3.19. The molecule has 0 spiro atoms. The zero-order valence-corrected chi connectivity index (χ0v) is 13.1. The van der Waals surface area contributed by atoms with E-state index in [1.54, 1.807) is 20.8 Å². The van der Waals surface area contributed by atoms with Gasteiger partial charge in [-0.1, -0.05) is 42.5 Å². The van der Waals surface area contributed by atoms with Gasteiger partial charge >= 0.3 is 6.09 Å². The van der Waals surface area contributed by atoms with Crippen LogP contribution in [-0.2, 0) is 16.0 Å². The van der Waals surface area contributed by atoms with E-state index in [1.165, 1.54) is 0 Å². The minimum Gasteiger partial charge on any atom is -0.444 e. The summed E-state index contributed by atoms with van der Waals surface area (Å²) in [5.41, 5.74) is 0.433. The summed E-state index contributed by atoms with van der Waals surface area (Å²) in [5, 5.41) is 4.81. The van der Waals surface area contributed by atoms with Crippen LogP contribution in [0.3, 0.4) is 0 Å². The molecule has 0 aliphatic heterocycles. The number of nitrogens with one attached hydrogen (secondary N) is 1. The zero-order chi connectivity index (χ0) is 16.2. The predicted molar refractivity (Wildman–Crippen MR) is 86.9 cm³/mol. The first-order chi connectivity index (χ1) is 10.4. The molecule has 1 amide bonds. The minimum atomic E-state index is -0.611. The van der Waals surface area contributed by atoms with Crippen LogP contribution in [0, 0.1) is 0 Å². The van der Waals surface area contributed by atoms with E-state index in [-0.39, 0.29) is 0 Å². The first kappa shape index (κ1) is 16.0. The van der Waals surface area contributed by atoms with Crippen LogP contribution in [0.15, 0.2) is 42.5 Å². The van der Waals surface area contributed by atoms with Crippen LogP contribution >= 0.6 is 0 Å². The van der Waals surface area contributed by atoms with Crippen molar-refractivity contribution < 1.29 is 14.3 Å². The highest BCUT2D eigenvalue weighted by Gasteiger charge is 2.19. The Morgan fingerprint density at radius 1 is 1.18 bits per heavy atom. The molecule has 116 valence electrons. The van der Waals surface area contributed by atoms with Gasteiger partial charge in [0.05, 0.1) is 6.04 Å². The SMILES string of the molecule is CC(C)(C)OC(=O)N[C@@H](C=O)Cc1cccc2ccccc12. The molecule has 0 radical (unpaired) electrons. The van der Waals surface area contributed by atoms with Gasteiger partial charge in [-0.05, 0) is 37.1 Å². The number of amides is 1. The van der Waals surface area contributed by atoms with E-state index in [0.717, 1.165) is 22.6 Å². The third-order valence-electron chi connectivity index (χ3n) is 3.19. The van der Waals surface area contributed by atoms with E-state index < -0.39 is 17.7 Å². The Morgan fingerprint density at radius 2 is 1.86 bits per heavy atom. The highest BCUT2D eigenvalue weighted by molar-refractivity contribution is 5.86. The lowest BCUT2D eigenvalue weighted by Crippen LogP contribution is -2.41. The topological polar surface area (TPSA) is 55.4 Å². The molecule has 1 atom stereocenters. The van der Waals surface area contributed by atoms with E-state index in [0.29, 0.717) is 6.42 Å². The summed E-state index contributed by atoms with van der Waals surface area (Å²) in [4.78, 5) is 23.1. The molecule has 0 saturated carbocycles. The Bertz CT molecular complexity index is 668. The summed E-state index contributed by atoms with van der Waals surface area (Å²) in [7, 11) is 0. The molecule has 22 heavy (non-hydrogen) atoms. The predicted octanol–water partition coefficient (Wildman–Crippen LogP) is 3.47. The van der Waals surface area contributed by atoms with Gasteiger partial charge in [0.1, 0.15) is 11.9 Å². The lowest BCUT2D eigenvalue weighted by atomic mass is 9.99. The Balaban J connectivity index is 2.12. The average molecular weight is 299 g/mol. The zero-order valence-electron chi connectivity index (χ0n) is 13.1. The van der Waals surface area contributed by atoms with Crippen molar-refractivity contribution in [2.75, 3.05) is 0 Å². The van der Waals surface area contributed by atoms with Crippen LogP contribution in [0.1, 0.15) is 26.3 Å². The number of rotatable bonds is 4. The standard InChI is InChI=1S/C18H21NO3/c1-18(2,3)22-17(21)19-15(12-20)11-14-9-6-8-13-7-4-5-10-16(13)14/h4-10,12,15H,11H2,1-3H3,(H,19,21)/t15-/m1/s1. The number of carbonyl (C=O) groups excluding carboxylic acids is 2. The number of alkyl carbamates (subject to hydrolysis) is 1. The Labute approximate surface area is 130 Å².